The smallest absolute Gasteiger partial charge is 0.407 e. The van der Waals surface area contributed by atoms with Crippen molar-refractivity contribution in [1.82, 2.24) is 24.5 Å². The molecule has 8 rings (SSSR count). The van der Waals surface area contributed by atoms with Gasteiger partial charge < -0.3 is 34.1 Å². The minimum absolute atomic E-state index is 0.103. The van der Waals surface area contributed by atoms with Crippen LogP contribution in [0.5, 0.6) is 17.4 Å². The number of alkyl halides is 1. The van der Waals surface area contributed by atoms with Gasteiger partial charge in [0.15, 0.2) is 11.6 Å². The number of amides is 2. The third-order valence-corrected chi connectivity index (χ3v) is 13.1. The maximum atomic E-state index is 15.4. The minimum atomic E-state index is -4.58. The number of nitrogens with one attached hydrogen (secondary N) is 2. The standard InChI is InChI=1S/C43H42Cl2F2N6O8S/c44-30-3-1-27(2-4-30)33-8-12-53(42(55)56)25-29(33)24-51-13-15-52(16-14-51)31-5-6-34(38(20-31)61-39-19-28-7-11-48-37(28)22-36(39)46)40(54)50-62(57,58)32-21-35(45)41(49-23-32)60-26-43(47)9-17-59-18-10-43/h1-7,11,19-23,48H,8-10,12-18,24-26H2,(H,50,54)(H,55,56). The highest BCUT2D eigenvalue weighted by molar-refractivity contribution is 7.90. The van der Waals surface area contributed by atoms with Crippen molar-refractivity contribution >= 4 is 67.4 Å². The van der Waals surface area contributed by atoms with Crippen LogP contribution in [-0.2, 0) is 14.8 Å². The van der Waals surface area contributed by atoms with Crippen molar-refractivity contribution in [2.45, 2.75) is 29.8 Å². The summed E-state index contributed by atoms with van der Waals surface area (Å²) in [6.45, 7) is 3.70. The molecule has 0 atom stereocenters. The maximum Gasteiger partial charge on any atom is 0.407 e. The molecule has 2 aromatic heterocycles. The van der Waals surface area contributed by atoms with Crippen molar-refractivity contribution in [1.29, 1.82) is 0 Å². The van der Waals surface area contributed by atoms with Crippen molar-refractivity contribution < 1.29 is 46.1 Å². The van der Waals surface area contributed by atoms with Crippen LogP contribution in [0.25, 0.3) is 16.5 Å². The van der Waals surface area contributed by atoms with E-state index >= 15 is 8.78 Å². The highest BCUT2D eigenvalue weighted by atomic mass is 35.5. The summed E-state index contributed by atoms with van der Waals surface area (Å²) in [6, 6.07) is 17.7. The zero-order valence-electron chi connectivity index (χ0n) is 33.2. The number of nitrogens with zero attached hydrogens (tertiary/aromatic N) is 4. The van der Waals surface area contributed by atoms with Gasteiger partial charge in [-0.2, -0.15) is 0 Å². The van der Waals surface area contributed by atoms with E-state index in [0.717, 1.165) is 29.0 Å². The molecule has 0 saturated carbocycles. The van der Waals surface area contributed by atoms with Crippen LogP contribution in [0.3, 0.4) is 0 Å². The van der Waals surface area contributed by atoms with Crippen molar-refractivity contribution in [3.8, 4) is 17.4 Å². The van der Waals surface area contributed by atoms with Crippen molar-refractivity contribution in [3.63, 3.8) is 0 Å². The number of carbonyl (C=O) groups is 2. The summed E-state index contributed by atoms with van der Waals surface area (Å²) in [5, 5.41) is 10.8. The first kappa shape index (κ1) is 43.2. The van der Waals surface area contributed by atoms with Crippen LogP contribution >= 0.6 is 23.2 Å². The zero-order valence-corrected chi connectivity index (χ0v) is 35.5. The molecule has 2 saturated heterocycles. The largest absolute Gasteiger partial charge is 0.473 e. The van der Waals surface area contributed by atoms with E-state index in [2.05, 4.69) is 19.8 Å². The summed E-state index contributed by atoms with van der Waals surface area (Å²) in [5.41, 5.74) is 2.45. The highest BCUT2D eigenvalue weighted by Crippen LogP contribution is 2.36. The molecule has 3 aromatic carbocycles. The van der Waals surface area contributed by atoms with Crippen molar-refractivity contribution in [3.05, 3.63) is 112 Å². The Morgan fingerprint density at radius 1 is 0.968 bits per heavy atom. The van der Waals surface area contributed by atoms with Gasteiger partial charge in [0, 0.05) is 112 Å². The molecule has 19 heteroatoms. The monoisotopic (exact) mass is 910 g/mol. The van der Waals surface area contributed by atoms with Crippen LogP contribution in [0.4, 0.5) is 19.3 Å². The van der Waals surface area contributed by atoms with Crippen LogP contribution in [0.15, 0.2) is 89.6 Å². The predicted octanol–water partition coefficient (Wildman–Crippen LogP) is 7.78. The molecule has 326 valence electrons. The highest BCUT2D eigenvalue weighted by Gasteiger charge is 2.34. The van der Waals surface area contributed by atoms with Crippen molar-refractivity contribution in [2.24, 2.45) is 0 Å². The van der Waals surface area contributed by atoms with Gasteiger partial charge in [0.2, 0.25) is 5.88 Å². The number of rotatable bonds is 12. The normalized spacial score (nSPS) is 17.3. The summed E-state index contributed by atoms with van der Waals surface area (Å²) in [4.78, 5) is 38.0. The first-order valence-corrected chi connectivity index (χ1v) is 22.1. The predicted molar refractivity (Wildman–Crippen MR) is 229 cm³/mol. The molecule has 0 bridgehead atoms. The number of halogens is 4. The summed E-state index contributed by atoms with van der Waals surface area (Å²) in [5.74, 6) is -2.25. The minimum Gasteiger partial charge on any atom is -0.473 e. The van der Waals surface area contributed by atoms with Gasteiger partial charge in [0.1, 0.15) is 27.9 Å². The number of aromatic nitrogens is 2. The molecule has 2 fully saturated rings. The summed E-state index contributed by atoms with van der Waals surface area (Å²) in [6.07, 6.45) is 2.45. The van der Waals surface area contributed by atoms with Crippen LogP contribution in [0.2, 0.25) is 10.0 Å². The number of hydrogen-bond acceptors (Lipinski definition) is 10. The third-order valence-electron chi connectivity index (χ3n) is 11.3. The van der Waals surface area contributed by atoms with E-state index in [9.17, 15) is 23.1 Å². The van der Waals surface area contributed by atoms with Gasteiger partial charge in [-0.25, -0.2) is 31.7 Å². The number of ether oxygens (including phenoxy) is 3. The lowest BCUT2D eigenvalue weighted by molar-refractivity contribution is -0.0331. The van der Waals surface area contributed by atoms with Gasteiger partial charge in [0.25, 0.3) is 15.9 Å². The van der Waals surface area contributed by atoms with Crippen LogP contribution in [-0.4, -0.2) is 117 Å². The quantitative estimate of drug-likeness (QED) is 0.112. The number of piperazine rings is 1. The first-order valence-electron chi connectivity index (χ1n) is 19.9. The summed E-state index contributed by atoms with van der Waals surface area (Å²) < 4.78 is 76.4. The Kier molecular flexibility index (Phi) is 12.6. The number of carbonyl (C=O) groups excluding carboxylic acids is 1. The van der Waals surface area contributed by atoms with Crippen molar-refractivity contribution in [2.75, 3.05) is 70.5 Å². The Bertz CT molecular complexity index is 2630. The molecule has 3 aliphatic rings. The average molecular weight is 912 g/mol. The zero-order chi connectivity index (χ0) is 43.6. The van der Waals surface area contributed by atoms with Crippen LogP contribution < -0.4 is 19.1 Å². The summed E-state index contributed by atoms with van der Waals surface area (Å²) >= 11 is 12.5. The van der Waals surface area contributed by atoms with E-state index < -0.39 is 38.4 Å². The molecule has 0 aliphatic carbocycles. The number of anilines is 1. The topological polar surface area (TPSA) is 167 Å². The van der Waals surface area contributed by atoms with Gasteiger partial charge in [-0.1, -0.05) is 35.3 Å². The fourth-order valence-electron chi connectivity index (χ4n) is 7.78. The molecule has 14 nitrogen and oxygen atoms in total. The third kappa shape index (κ3) is 9.76. The lowest BCUT2D eigenvalue weighted by atomic mass is 9.93. The van der Waals surface area contributed by atoms with E-state index in [1.54, 1.807) is 24.4 Å². The maximum absolute atomic E-state index is 15.4. The number of benzene rings is 3. The Morgan fingerprint density at radius 2 is 1.73 bits per heavy atom. The molecule has 0 radical (unpaired) electrons. The lowest BCUT2D eigenvalue weighted by Gasteiger charge is -2.38. The molecule has 0 unspecified atom stereocenters. The number of H-pyrrole nitrogens is 1. The second-order valence-electron chi connectivity index (χ2n) is 15.4. The van der Waals surface area contributed by atoms with Gasteiger partial charge in [-0.05, 0) is 65.6 Å². The Labute approximate surface area is 366 Å². The Balaban J connectivity index is 1.00. The first-order chi connectivity index (χ1) is 29.7. The number of hydrogen-bond donors (Lipinski definition) is 3. The fourth-order valence-corrected chi connectivity index (χ4v) is 9.12. The van der Waals surface area contributed by atoms with E-state index in [0.29, 0.717) is 73.8 Å². The molecule has 5 heterocycles. The number of fused-ring (bicyclic) bond motifs is 1. The van der Waals surface area contributed by atoms with Gasteiger partial charge in [-0.3, -0.25) is 9.69 Å². The number of carboxylic acid groups (broad SMARTS) is 1. The van der Waals surface area contributed by atoms with E-state index in [4.69, 9.17) is 37.4 Å². The summed E-state index contributed by atoms with van der Waals surface area (Å²) in [7, 11) is -4.58. The Morgan fingerprint density at radius 3 is 2.45 bits per heavy atom. The van der Waals surface area contributed by atoms with Crippen LogP contribution in [0.1, 0.15) is 35.2 Å². The number of pyridine rings is 1. The van der Waals surface area contributed by atoms with E-state index in [1.807, 2.05) is 29.0 Å². The number of sulfonamides is 1. The van der Waals surface area contributed by atoms with E-state index in [1.165, 1.54) is 23.1 Å². The molecular formula is C43H42Cl2F2N6O8S. The lowest BCUT2D eigenvalue weighted by Crippen LogP contribution is -2.48. The SMILES string of the molecule is O=C(NS(=O)(=O)c1cnc(OCC2(F)CCOCC2)c(Cl)c1)c1ccc(N2CCN(CC3=C(c4ccc(Cl)cc4)CCN(C(=O)O)C3)CC2)cc1Oc1cc2cc[nH]c2cc1F. The second-order valence-corrected chi connectivity index (χ2v) is 17.9. The molecule has 62 heavy (non-hydrogen) atoms. The second kappa shape index (κ2) is 18.1. The molecule has 3 aliphatic heterocycles. The van der Waals surface area contributed by atoms with Gasteiger partial charge >= 0.3 is 6.09 Å². The molecular weight excluding hydrogens is 869 g/mol. The molecule has 3 N–H and O–H groups in total. The molecule has 2 amide bonds. The molecule has 5 aromatic rings. The van der Waals surface area contributed by atoms with Crippen LogP contribution in [0, 0.1) is 5.82 Å². The van der Waals surface area contributed by atoms with Gasteiger partial charge in [-0.15, -0.1) is 0 Å². The fraction of sp³-hybridized carbons (Fsp3) is 0.326. The number of aromatic amines is 1. The Hall–Kier alpha value is -5.46. The van der Waals surface area contributed by atoms with Gasteiger partial charge in [0.05, 0.1) is 11.8 Å². The average Bonchev–Trinajstić information content (AvgIpc) is 3.71. The van der Waals surface area contributed by atoms with E-state index in [-0.39, 0.29) is 60.6 Å². The molecule has 0 spiro atoms.